The number of carbonyl (C=O) groups excluding carboxylic acids is 2. The van der Waals surface area contributed by atoms with Gasteiger partial charge in [0.15, 0.2) is 0 Å². The Morgan fingerprint density at radius 3 is 2.37 bits per heavy atom. The molecular weight excluding hydrogens is 250 g/mol. The van der Waals surface area contributed by atoms with E-state index in [2.05, 4.69) is 10.6 Å². The second-order valence-electron chi connectivity index (χ2n) is 5.86. The molecular formula is C12H21N3O4. The van der Waals surface area contributed by atoms with E-state index in [1.54, 1.807) is 27.8 Å². The standard InChI is InChI=1S/C12H21N3O4/c1-12(2,3)8(10(17)18)14-11(19)13-7-5-6-15(4)9(7)16/h7-8H,5-6H2,1-4H3,(H,17,18)(H2,13,14,19)/t7?,8-/m0/s1. The van der Waals surface area contributed by atoms with Crippen LogP contribution in [0.1, 0.15) is 27.2 Å². The minimum atomic E-state index is -1.10. The van der Waals surface area contributed by atoms with Crippen LogP contribution in [0.5, 0.6) is 0 Å². The third-order valence-electron chi connectivity index (χ3n) is 3.12. The van der Waals surface area contributed by atoms with Crippen molar-refractivity contribution in [1.82, 2.24) is 15.5 Å². The van der Waals surface area contributed by atoms with E-state index in [1.807, 2.05) is 0 Å². The van der Waals surface area contributed by atoms with E-state index in [9.17, 15) is 14.4 Å². The van der Waals surface area contributed by atoms with Crippen molar-refractivity contribution in [2.24, 2.45) is 5.41 Å². The van der Waals surface area contributed by atoms with Crippen LogP contribution in [-0.4, -0.2) is 53.6 Å². The molecule has 19 heavy (non-hydrogen) atoms. The summed E-state index contributed by atoms with van der Waals surface area (Å²) in [6, 6.07) is -2.21. The van der Waals surface area contributed by atoms with E-state index < -0.39 is 29.5 Å². The highest BCUT2D eigenvalue weighted by Gasteiger charge is 2.35. The molecule has 1 fully saturated rings. The molecule has 1 unspecified atom stereocenters. The lowest BCUT2D eigenvalue weighted by atomic mass is 9.87. The smallest absolute Gasteiger partial charge is 0.326 e. The maximum Gasteiger partial charge on any atom is 0.326 e. The maximum absolute atomic E-state index is 11.8. The number of amides is 3. The third kappa shape index (κ3) is 3.84. The first kappa shape index (κ1) is 15.3. The summed E-state index contributed by atoms with van der Waals surface area (Å²) in [4.78, 5) is 36.0. The van der Waals surface area contributed by atoms with Crippen molar-refractivity contribution < 1.29 is 19.5 Å². The van der Waals surface area contributed by atoms with Crippen LogP contribution >= 0.6 is 0 Å². The van der Waals surface area contributed by atoms with Crippen LogP contribution in [0.3, 0.4) is 0 Å². The normalized spacial score (nSPS) is 21.2. The number of hydrogen-bond acceptors (Lipinski definition) is 3. The molecule has 3 N–H and O–H groups in total. The van der Waals surface area contributed by atoms with Gasteiger partial charge in [-0.2, -0.15) is 0 Å². The highest BCUT2D eigenvalue weighted by atomic mass is 16.4. The van der Waals surface area contributed by atoms with Gasteiger partial charge in [-0.1, -0.05) is 20.8 Å². The third-order valence-corrected chi connectivity index (χ3v) is 3.12. The molecule has 1 saturated heterocycles. The first-order chi connectivity index (χ1) is 8.62. The van der Waals surface area contributed by atoms with Gasteiger partial charge < -0.3 is 20.6 Å². The Kier molecular flexibility index (Phi) is 4.39. The molecule has 1 heterocycles. The largest absolute Gasteiger partial charge is 0.480 e. The van der Waals surface area contributed by atoms with E-state index >= 15 is 0 Å². The molecule has 3 amide bonds. The van der Waals surface area contributed by atoms with Gasteiger partial charge in [-0.15, -0.1) is 0 Å². The van der Waals surface area contributed by atoms with Crippen molar-refractivity contribution in [3.8, 4) is 0 Å². The lowest BCUT2D eigenvalue weighted by molar-refractivity contribution is -0.141. The number of rotatable bonds is 3. The van der Waals surface area contributed by atoms with Crippen molar-refractivity contribution >= 4 is 17.9 Å². The molecule has 2 atom stereocenters. The Morgan fingerprint density at radius 2 is 2.00 bits per heavy atom. The lowest BCUT2D eigenvalue weighted by Crippen LogP contribution is -2.54. The van der Waals surface area contributed by atoms with Crippen LogP contribution in [0.4, 0.5) is 4.79 Å². The summed E-state index contributed by atoms with van der Waals surface area (Å²) in [6.07, 6.45) is 0.538. The van der Waals surface area contributed by atoms with Crippen LogP contribution in [-0.2, 0) is 9.59 Å². The highest BCUT2D eigenvalue weighted by Crippen LogP contribution is 2.19. The predicted molar refractivity (Wildman–Crippen MR) is 68.6 cm³/mol. The van der Waals surface area contributed by atoms with Gasteiger partial charge in [0.2, 0.25) is 5.91 Å². The molecule has 1 aliphatic heterocycles. The topological polar surface area (TPSA) is 98.7 Å². The summed E-state index contributed by atoms with van der Waals surface area (Å²) in [5.41, 5.74) is -0.611. The number of nitrogens with zero attached hydrogens (tertiary/aromatic N) is 1. The number of carboxylic acid groups (broad SMARTS) is 1. The summed E-state index contributed by atoms with van der Waals surface area (Å²) < 4.78 is 0. The van der Waals surface area contributed by atoms with Crippen LogP contribution < -0.4 is 10.6 Å². The molecule has 7 heteroatoms. The maximum atomic E-state index is 11.8. The summed E-state index contributed by atoms with van der Waals surface area (Å²) in [5, 5.41) is 14.0. The zero-order valence-electron chi connectivity index (χ0n) is 11.7. The molecule has 0 aromatic rings. The van der Waals surface area contributed by atoms with E-state index in [1.165, 1.54) is 4.90 Å². The lowest BCUT2D eigenvalue weighted by Gasteiger charge is -2.28. The fraction of sp³-hybridized carbons (Fsp3) is 0.750. The summed E-state index contributed by atoms with van der Waals surface area (Å²) >= 11 is 0. The molecule has 1 aliphatic rings. The van der Waals surface area contributed by atoms with E-state index in [-0.39, 0.29) is 5.91 Å². The van der Waals surface area contributed by atoms with Crippen LogP contribution in [0.25, 0.3) is 0 Å². The molecule has 0 bridgehead atoms. The average molecular weight is 271 g/mol. The number of hydrogen-bond donors (Lipinski definition) is 3. The van der Waals surface area contributed by atoms with E-state index in [0.29, 0.717) is 13.0 Å². The number of aliphatic carboxylic acids is 1. The molecule has 0 aromatic carbocycles. The van der Waals surface area contributed by atoms with Gasteiger partial charge in [0, 0.05) is 13.6 Å². The minimum absolute atomic E-state index is 0.155. The van der Waals surface area contributed by atoms with Gasteiger partial charge in [0.25, 0.3) is 0 Å². The van der Waals surface area contributed by atoms with Gasteiger partial charge in [-0.05, 0) is 11.8 Å². The summed E-state index contributed by atoms with van der Waals surface area (Å²) in [5.74, 6) is -1.25. The second-order valence-corrected chi connectivity index (χ2v) is 5.86. The Morgan fingerprint density at radius 1 is 1.42 bits per heavy atom. The minimum Gasteiger partial charge on any atom is -0.480 e. The molecule has 0 aliphatic carbocycles. The highest BCUT2D eigenvalue weighted by molar-refractivity contribution is 5.90. The number of urea groups is 1. The molecule has 0 spiro atoms. The van der Waals surface area contributed by atoms with Gasteiger partial charge in [0.1, 0.15) is 12.1 Å². The first-order valence-electron chi connectivity index (χ1n) is 6.17. The van der Waals surface area contributed by atoms with Crippen LogP contribution in [0.2, 0.25) is 0 Å². The summed E-state index contributed by atoms with van der Waals surface area (Å²) in [7, 11) is 1.66. The fourth-order valence-corrected chi connectivity index (χ4v) is 1.94. The zero-order valence-corrected chi connectivity index (χ0v) is 11.7. The van der Waals surface area contributed by atoms with Crippen molar-refractivity contribution in [3.05, 3.63) is 0 Å². The van der Waals surface area contributed by atoms with E-state index in [4.69, 9.17) is 5.11 Å². The van der Waals surface area contributed by atoms with Gasteiger partial charge in [0.05, 0.1) is 0 Å². The monoisotopic (exact) mass is 271 g/mol. The average Bonchev–Trinajstić information content (AvgIpc) is 2.56. The number of likely N-dealkylation sites (N-methyl/N-ethyl adjacent to an activating group) is 1. The second kappa shape index (κ2) is 5.46. The van der Waals surface area contributed by atoms with Crippen molar-refractivity contribution in [2.45, 2.75) is 39.3 Å². The molecule has 0 radical (unpaired) electrons. The number of nitrogens with one attached hydrogen (secondary N) is 2. The quantitative estimate of drug-likeness (QED) is 0.673. The molecule has 0 saturated carbocycles. The number of carboxylic acids is 1. The summed E-state index contributed by atoms with van der Waals surface area (Å²) in [6.45, 7) is 5.76. The number of likely N-dealkylation sites (tertiary alicyclic amines) is 1. The van der Waals surface area contributed by atoms with Gasteiger partial charge in [-0.3, -0.25) is 4.79 Å². The molecule has 7 nitrogen and oxygen atoms in total. The van der Waals surface area contributed by atoms with Gasteiger partial charge in [-0.25, -0.2) is 9.59 Å². The van der Waals surface area contributed by atoms with Crippen molar-refractivity contribution in [2.75, 3.05) is 13.6 Å². The molecule has 0 aromatic heterocycles. The molecule has 1 rings (SSSR count). The SMILES string of the molecule is CN1CCC(NC(=O)N[C@@H](C(=O)O)C(C)(C)C)C1=O. The zero-order chi connectivity index (χ0) is 14.8. The Hall–Kier alpha value is -1.79. The molecule has 108 valence electrons. The van der Waals surface area contributed by atoms with Crippen molar-refractivity contribution in [1.29, 1.82) is 0 Å². The van der Waals surface area contributed by atoms with E-state index in [0.717, 1.165) is 0 Å². The van der Waals surface area contributed by atoms with Crippen molar-refractivity contribution in [3.63, 3.8) is 0 Å². The Balaban J connectivity index is 2.59. The number of carbonyl (C=O) groups is 3. The van der Waals surface area contributed by atoms with Crippen LogP contribution in [0.15, 0.2) is 0 Å². The first-order valence-corrected chi connectivity index (χ1v) is 6.17. The van der Waals surface area contributed by atoms with Crippen LogP contribution in [0, 0.1) is 5.41 Å². The Bertz CT molecular complexity index is 389. The predicted octanol–water partition coefficient (Wildman–Crippen LogP) is 0.0156. The van der Waals surface area contributed by atoms with Gasteiger partial charge >= 0.3 is 12.0 Å². The Labute approximate surface area is 112 Å². The fourth-order valence-electron chi connectivity index (χ4n) is 1.94.